The summed E-state index contributed by atoms with van der Waals surface area (Å²) in [7, 11) is 1.66. The van der Waals surface area contributed by atoms with Gasteiger partial charge in [0, 0.05) is 37.5 Å². The van der Waals surface area contributed by atoms with Gasteiger partial charge in [-0.05, 0) is 25.1 Å². The van der Waals surface area contributed by atoms with E-state index in [9.17, 15) is 0 Å². The van der Waals surface area contributed by atoms with Crippen molar-refractivity contribution in [1.82, 2.24) is 0 Å². The van der Waals surface area contributed by atoms with Gasteiger partial charge >= 0.3 is 0 Å². The van der Waals surface area contributed by atoms with Crippen molar-refractivity contribution >= 4 is 0 Å². The summed E-state index contributed by atoms with van der Waals surface area (Å²) in [6, 6.07) is 5.87. The maximum absolute atomic E-state index is 6.30. The van der Waals surface area contributed by atoms with Gasteiger partial charge in [0.1, 0.15) is 17.1 Å². The van der Waals surface area contributed by atoms with Crippen molar-refractivity contribution in [2.75, 3.05) is 13.7 Å². The highest BCUT2D eigenvalue weighted by Crippen LogP contribution is 2.49. The molecule has 1 fully saturated rings. The molecule has 1 atom stereocenters. The van der Waals surface area contributed by atoms with Crippen molar-refractivity contribution in [1.29, 1.82) is 0 Å². The van der Waals surface area contributed by atoms with E-state index in [1.54, 1.807) is 7.11 Å². The molecule has 3 rings (SSSR count). The second-order valence-corrected chi connectivity index (χ2v) is 5.49. The molecule has 19 heavy (non-hydrogen) atoms. The van der Waals surface area contributed by atoms with Gasteiger partial charge in [0.05, 0.1) is 13.2 Å². The molecule has 1 unspecified atom stereocenters. The second-order valence-electron chi connectivity index (χ2n) is 5.49. The van der Waals surface area contributed by atoms with Crippen LogP contribution in [0.3, 0.4) is 0 Å². The van der Waals surface area contributed by atoms with E-state index in [1.807, 2.05) is 25.1 Å². The van der Waals surface area contributed by atoms with Gasteiger partial charge in [0.25, 0.3) is 0 Å². The molecule has 2 N–H and O–H groups in total. The van der Waals surface area contributed by atoms with Gasteiger partial charge in [-0.3, -0.25) is 0 Å². The first-order valence-corrected chi connectivity index (χ1v) is 6.90. The van der Waals surface area contributed by atoms with Gasteiger partial charge in [0.15, 0.2) is 0 Å². The Labute approximate surface area is 113 Å². The van der Waals surface area contributed by atoms with Crippen LogP contribution in [0.4, 0.5) is 0 Å². The van der Waals surface area contributed by atoms with Crippen molar-refractivity contribution in [3.63, 3.8) is 0 Å². The molecule has 1 heterocycles. The summed E-state index contributed by atoms with van der Waals surface area (Å²) < 4.78 is 17.0. The molecule has 1 aromatic carbocycles. The maximum Gasteiger partial charge on any atom is 0.125 e. The fourth-order valence-corrected chi connectivity index (χ4v) is 3.20. The molecule has 4 nitrogen and oxygen atoms in total. The van der Waals surface area contributed by atoms with Gasteiger partial charge in [-0.25, -0.2) is 0 Å². The summed E-state index contributed by atoms with van der Waals surface area (Å²) in [5.41, 5.74) is 7.23. The van der Waals surface area contributed by atoms with E-state index in [1.165, 1.54) is 0 Å². The predicted molar refractivity (Wildman–Crippen MR) is 72.5 cm³/mol. The van der Waals surface area contributed by atoms with Crippen molar-refractivity contribution in [2.45, 2.75) is 43.9 Å². The van der Waals surface area contributed by atoms with Crippen LogP contribution in [0.1, 0.15) is 37.8 Å². The van der Waals surface area contributed by atoms with Crippen LogP contribution in [0.15, 0.2) is 18.2 Å². The highest BCUT2D eigenvalue weighted by molar-refractivity contribution is 5.44. The Morgan fingerprint density at radius 1 is 1.37 bits per heavy atom. The van der Waals surface area contributed by atoms with E-state index in [0.717, 1.165) is 42.9 Å². The zero-order valence-electron chi connectivity index (χ0n) is 11.5. The fraction of sp³-hybridized carbons (Fsp3) is 0.600. The molecule has 0 aromatic heterocycles. The number of benzene rings is 1. The number of nitrogens with two attached hydrogens (primary N) is 1. The average Bonchev–Trinajstić information content (AvgIpc) is 2.37. The van der Waals surface area contributed by atoms with E-state index in [4.69, 9.17) is 19.9 Å². The summed E-state index contributed by atoms with van der Waals surface area (Å²) >= 11 is 0. The smallest absolute Gasteiger partial charge is 0.125 e. The van der Waals surface area contributed by atoms with Crippen molar-refractivity contribution < 1.29 is 14.2 Å². The summed E-state index contributed by atoms with van der Waals surface area (Å²) in [6.45, 7) is 2.79. The molecule has 0 amide bonds. The third-order valence-electron chi connectivity index (χ3n) is 4.14. The molecule has 0 bridgehead atoms. The van der Waals surface area contributed by atoms with Crippen LogP contribution in [-0.4, -0.2) is 25.4 Å². The summed E-state index contributed by atoms with van der Waals surface area (Å²) in [5.74, 6) is 1.73. The maximum atomic E-state index is 6.30. The third-order valence-corrected chi connectivity index (χ3v) is 4.14. The summed E-state index contributed by atoms with van der Waals surface area (Å²) in [5, 5.41) is 0. The van der Waals surface area contributed by atoms with Crippen LogP contribution in [0.25, 0.3) is 0 Å². The molecule has 1 aliphatic heterocycles. The predicted octanol–water partition coefficient (Wildman–Crippen LogP) is 2.42. The molecular formula is C15H21NO3. The molecule has 1 saturated carbocycles. The minimum atomic E-state index is -0.110. The Morgan fingerprint density at radius 3 is 2.84 bits per heavy atom. The Morgan fingerprint density at radius 2 is 2.16 bits per heavy atom. The number of hydrogen-bond acceptors (Lipinski definition) is 4. The third kappa shape index (κ3) is 2.19. The van der Waals surface area contributed by atoms with Crippen molar-refractivity contribution in [3.8, 4) is 11.5 Å². The van der Waals surface area contributed by atoms with Crippen LogP contribution >= 0.6 is 0 Å². The van der Waals surface area contributed by atoms with E-state index in [-0.39, 0.29) is 11.6 Å². The molecule has 1 spiro atoms. The summed E-state index contributed by atoms with van der Waals surface area (Å²) in [6.07, 6.45) is 3.08. The Balaban J connectivity index is 1.78. The molecular weight excluding hydrogens is 242 g/mol. The summed E-state index contributed by atoms with van der Waals surface area (Å²) in [4.78, 5) is 0. The zero-order valence-corrected chi connectivity index (χ0v) is 11.5. The fourth-order valence-electron chi connectivity index (χ4n) is 3.20. The van der Waals surface area contributed by atoms with Crippen LogP contribution in [0.2, 0.25) is 0 Å². The molecule has 4 heteroatoms. The SMILES string of the molecule is CCOC1CC2(C1)CC(N)c1cc(OC)ccc1O2. The van der Waals surface area contributed by atoms with E-state index in [2.05, 4.69) is 0 Å². The molecule has 1 aliphatic carbocycles. The number of rotatable bonds is 3. The zero-order chi connectivity index (χ0) is 13.5. The van der Waals surface area contributed by atoms with Crippen LogP contribution in [0, 0.1) is 0 Å². The van der Waals surface area contributed by atoms with Crippen molar-refractivity contribution in [3.05, 3.63) is 23.8 Å². The Kier molecular flexibility index (Phi) is 3.15. The first kappa shape index (κ1) is 12.8. The second kappa shape index (κ2) is 4.69. The molecule has 1 aromatic rings. The quantitative estimate of drug-likeness (QED) is 0.910. The Bertz CT molecular complexity index is 468. The van der Waals surface area contributed by atoms with Crippen LogP contribution in [0.5, 0.6) is 11.5 Å². The minimum Gasteiger partial charge on any atom is -0.497 e. The van der Waals surface area contributed by atoms with Gasteiger partial charge < -0.3 is 19.9 Å². The van der Waals surface area contributed by atoms with Gasteiger partial charge in [0.2, 0.25) is 0 Å². The normalized spacial score (nSPS) is 32.4. The topological polar surface area (TPSA) is 53.7 Å². The first-order chi connectivity index (χ1) is 9.15. The van der Waals surface area contributed by atoms with Crippen LogP contribution < -0.4 is 15.2 Å². The number of hydrogen-bond donors (Lipinski definition) is 1. The minimum absolute atomic E-state index is 0.0152. The van der Waals surface area contributed by atoms with E-state index >= 15 is 0 Å². The average molecular weight is 263 g/mol. The molecule has 0 radical (unpaired) electrons. The highest BCUT2D eigenvalue weighted by atomic mass is 16.5. The highest BCUT2D eigenvalue weighted by Gasteiger charge is 2.50. The lowest BCUT2D eigenvalue weighted by atomic mass is 9.71. The van der Waals surface area contributed by atoms with Crippen molar-refractivity contribution in [2.24, 2.45) is 5.73 Å². The lowest BCUT2D eigenvalue weighted by Gasteiger charge is -2.50. The van der Waals surface area contributed by atoms with Gasteiger partial charge in [-0.2, -0.15) is 0 Å². The van der Waals surface area contributed by atoms with Gasteiger partial charge in [-0.1, -0.05) is 0 Å². The van der Waals surface area contributed by atoms with E-state index in [0.29, 0.717) is 6.10 Å². The monoisotopic (exact) mass is 263 g/mol. The van der Waals surface area contributed by atoms with Gasteiger partial charge in [-0.15, -0.1) is 0 Å². The number of methoxy groups -OCH3 is 1. The number of fused-ring (bicyclic) bond motifs is 1. The Hall–Kier alpha value is -1.26. The number of ether oxygens (including phenoxy) is 3. The first-order valence-electron chi connectivity index (χ1n) is 6.90. The van der Waals surface area contributed by atoms with E-state index < -0.39 is 0 Å². The molecule has 104 valence electrons. The lowest BCUT2D eigenvalue weighted by molar-refractivity contribution is -0.134. The standard InChI is InChI=1S/C15H21NO3/c1-3-18-11-7-15(8-11)9-13(16)12-6-10(17-2)4-5-14(12)19-15/h4-6,11,13H,3,7-9,16H2,1-2H3. The molecule has 0 saturated heterocycles. The largest absolute Gasteiger partial charge is 0.497 e. The lowest BCUT2D eigenvalue weighted by Crippen LogP contribution is -2.55. The molecule has 2 aliphatic rings. The van der Waals surface area contributed by atoms with Crippen LogP contribution in [-0.2, 0) is 4.74 Å².